The third-order valence-electron chi connectivity index (χ3n) is 3.10. The van der Waals surface area contributed by atoms with E-state index in [2.05, 4.69) is 6.58 Å². The predicted molar refractivity (Wildman–Crippen MR) is 78.0 cm³/mol. The van der Waals surface area contributed by atoms with Gasteiger partial charge in [0.05, 0.1) is 0 Å². The van der Waals surface area contributed by atoms with E-state index in [1.807, 2.05) is 39.8 Å². The third-order valence-corrected chi connectivity index (χ3v) is 3.10. The number of hydrogen-bond donors (Lipinski definition) is 1. The zero-order valence-electron chi connectivity index (χ0n) is 12.2. The Morgan fingerprint density at radius 3 is 2.32 bits per heavy atom. The molecule has 3 heteroatoms. The minimum absolute atomic E-state index is 0.0624. The molecule has 0 radical (unpaired) electrons. The molecule has 1 aromatic rings. The molecule has 1 atom stereocenters. The van der Waals surface area contributed by atoms with Crippen molar-refractivity contribution in [2.75, 3.05) is 0 Å². The number of esters is 1. The van der Waals surface area contributed by atoms with Gasteiger partial charge >= 0.3 is 5.97 Å². The first-order valence-corrected chi connectivity index (χ1v) is 6.42. The number of carbonyl (C=O) groups excluding carboxylic acids is 1. The smallest absolute Gasteiger partial charge is 0.338 e. The number of benzene rings is 1. The first-order chi connectivity index (χ1) is 8.70. The lowest BCUT2D eigenvalue weighted by atomic mass is 9.84. The molecule has 0 aliphatic carbocycles. The molecule has 0 aromatic heterocycles. The van der Waals surface area contributed by atoms with E-state index in [0.29, 0.717) is 17.7 Å². The highest BCUT2D eigenvalue weighted by atomic mass is 16.5. The maximum atomic E-state index is 11.9. The van der Waals surface area contributed by atoms with Crippen molar-refractivity contribution in [3.05, 3.63) is 42.0 Å². The normalized spacial score (nSPS) is 12.9. The van der Waals surface area contributed by atoms with Crippen LogP contribution in [-0.2, 0) is 4.79 Å². The van der Waals surface area contributed by atoms with Gasteiger partial charge in [-0.05, 0) is 30.9 Å². The molecule has 19 heavy (non-hydrogen) atoms. The van der Waals surface area contributed by atoms with E-state index in [4.69, 9.17) is 10.5 Å². The van der Waals surface area contributed by atoms with Crippen molar-refractivity contribution in [2.24, 2.45) is 11.1 Å². The Morgan fingerprint density at radius 2 is 1.84 bits per heavy atom. The van der Waals surface area contributed by atoms with Crippen LogP contribution in [0, 0.1) is 12.3 Å². The Bertz CT molecular complexity index is 455. The van der Waals surface area contributed by atoms with Crippen LogP contribution in [0.5, 0.6) is 5.75 Å². The van der Waals surface area contributed by atoms with Crippen molar-refractivity contribution < 1.29 is 9.53 Å². The third kappa shape index (κ3) is 4.87. The van der Waals surface area contributed by atoms with E-state index in [9.17, 15) is 4.79 Å². The molecular formula is C16H23NO2. The van der Waals surface area contributed by atoms with Gasteiger partial charge in [0.25, 0.3) is 0 Å². The van der Waals surface area contributed by atoms with Crippen molar-refractivity contribution in [3.8, 4) is 5.75 Å². The van der Waals surface area contributed by atoms with Crippen molar-refractivity contribution in [3.63, 3.8) is 0 Å². The van der Waals surface area contributed by atoms with Crippen molar-refractivity contribution >= 4 is 5.97 Å². The number of aryl methyl sites for hydroxylation is 1. The number of ether oxygens (including phenoxy) is 1. The molecule has 104 valence electrons. The molecule has 0 amide bonds. The fourth-order valence-corrected chi connectivity index (χ4v) is 1.44. The summed E-state index contributed by atoms with van der Waals surface area (Å²) in [6, 6.07) is 7.21. The minimum atomic E-state index is -0.413. The van der Waals surface area contributed by atoms with Crippen LogP contribution in [-0.4, -0.2) is 12.0 Å². The molecule has 2 N–H and O–H groups in total. The van der Waals surface area contributed by atoms with Gasteiger partial charge in [-0.3, -0.25) is 0 Å². The van der Waals surface area contributed by atoms with E-state index >= 15 is 0 Å². The zero-order valence-corrected chi connectivity index (χ0v) is 12.2. The summed E-state index contributed by atoms with van der Waals surface area (Å²) >= 11 is 0. The van der Waals surface area contributed by atoms with Gasteiger partial charge in [-0.15, -0.1) is 0 Å². The lowest BCUT2D eigenvalue weighted by Crippen LogP contribution is -2.36. The van der Waals surface area contributed by atoms with Crippen molar-refractivity contribution in [1.82, 2.24) is 0 Å². The monoisotopic (exact) mass is 261 g/mol. The Balaban J connectivity index is 2.59. The average Bonchev–Trinajstić information content (AvgIpc) is 2.30. The van der Waals surface area contributed by atoms with Crippen LogP contribution >= 0.6 is 0 Å². The van der Waals surface area contributed by atoms with Crippen LogP contribution in [0.2, 0.25) is 0 Å². The molecule has 1 aromatic carbocycles. The van der Waals surface area contributed by atoms with Gasteiger partial charge in [0, 0.05) is 11.6 Å². The Morgan fingerprint density at radius 1 is 1.32 bits per heavy atom. The van der Waals surface area contributed by atoms with Crippen molar-refractivity contribution in [2.45, 2.75) is 40.2 Å². The van der Waals surface area contributed by atoms with Crippen LogP contribution in [0.4, 0.5) is 0 Å². The molecular weight excluding hydrogens is 238 g/mol. The predicted octanol–water partition coefficient (Wildman–Crippen LogP) is 3.22. The second-order valence-electron chi connectivity index (χ2n) is 5.98. The molecule has 1 rings (SSSR count). The summed E-state index contributed by atoms with van der Waals surface area (Å²) in [4.78, 5) is 11.9. The Kier molecular flexibility index (Phi) is 4.90. The summed E-state index contributed by atoms with van der Waals surface area (Å²) in [7, 11) is 0. The van der Waals surface area contributed by atoms with E-state index in [-0.39, 0.29) is 11.5 Å². The summed E-state index contributed by atoms with van der Waals surface area (Å²) in [5.74, 6) is 0.115. The summed E-state index contributed by atoms with van der Waals surface area (Å²) in [5, 5.41) is 0. The van der Waals surface area contributed by atoms with E-state index < -0.39 is 5.97 Å². The molecule has 0 aliphatic heterocycles. The maximum absolute atomic E-state index is 11.9. The number of nitrogens with two attached hydrogens (primary N) is 1. The molecule has 0 fully saturated rings. The van der Waals surface area contributed by atoms with Crippen LogP contribution < -0.4 is 10.5 Å². The quantitative estimate of drug-likeness (QED) is 0.514. The first-order valence-electron chi connectivity index (χ1n) is 6.42. The fourth-order valence-electron chi connectivity index (χ4n) is 1.44. The Hall–Kier alpha value is -1.61. The molecule has 0 aliphatic rings. The van der Waals surface area contributed by atoms with Crippen LogP contribution in [0.1, 0.15) is 32.8 Å². The second kappa shape index (κ2) is 6.02. The standard InChI is InChI=1S/C16H23NO2/c1-11-6-8-13(9-7-11)19-15(18)12(2)10-14(17)16(3,4)5/h6-9,14H,2,10,17H2,1,3-5H3. The van der Waals surface area contributed by atoms with E-state index in [1.54, 1.807) is 12.1 Å². The lowest BCUT2D eigenvalue weighted by molar-refractivity contribution is -0.130. The van der Waals surface area contributed by atoms with Gasteiger partial charge < -0.3 is 10.5 Å². The van der Waals surface area contributed by atoms with Gasteiger partial charge in [-0.25, -0.2) is 4.79 Å². The topological polar surface area (TPSA) is 52.3 Å². The average molecular weight is 261 g/mol. The highest BCUT2D eigenvalue weighted by Crippen LogP contribution is 2.23. The largest absolute Gasteiger partial charge is 0.423 e. The van der Waals surface area contributed by atoms with Crippen LogP contribution in [0.25, 0.3) is 0 Å². The second-order valence-corrected chi connectivity index (χ2v) is 5.98. The van der Waals surface area contributed by atoms with Gasteiger partial charge in [-0.2, -0.15) is 0 Å². The highest BCUT2D eigenvalue weighted by molar-refractivity contribution is 5.89. The van der Waals surface area contributed by atoms with Crippen molar-refractivity contribution in [1.29, 1.82) is 0 Å². The molecule has 0 saturated heterocycles. The molecule has 0 heterocycles. The highest BCUT2D eigenvalue weighted by Gasteiger charge is 2.23. The summed E-state index contributed by atoms with van der Waals surface area (Å²) in [6.07, 6.45) is 0.439. The number of rotatable bonds is 4. The Labute approximate surface area is 115 Å². The lowest BCUT2D eigenvalue weighted by Gasteiger charge is -2.27. The molecule has 0 spiro atoms. The molecule has 1 unspecified atom stereocenters. The van der Waals surface area contributed by atoms with E-state index in [1.165, 1.54) is 0 Å². The summed E-state index contributed by atoms with van der Waals surface area (Å²) in [5.41, 5.74) is 7.50. The van der Waals surface area contributed by atoms with Gasteiger partial charge in [0.1, 0.15) is 5.75 Å². The van der Waals surface area contributed by atoms with Gasteiger partial charge in [0.2, 0.25) is 0 Å². The summed E-state index contributed by atoms with van der Waals surface area (Å²) < 4.78 is 5.25. The fraction of sp³-hybridized carbons (Fsp3) is 0.438. The molecule has 3 nitrogen and oxygen atoms in total. The summed E-state index contributed by atoms with van der Waals surface area (Å²) in [6.45, 7) is 11.9. The van der Waals surface area contributed by atoms with Crippen LogP contribution in [0.3, 0.4) is 0 Å². The van der Waals surface area contributed by atoms with Gasteiger partial charge in [0.15, 0.2) is 0 Å². The first kappa shape index (κ1) is 15.4. The van der Waals surface area contributed by atoms with Crippen LogP contribution in [0.15, 0.2) is 36.4 Å². The maximum Gasteiger partial charge on any atom is 0.338 e. The minimum Gasteiger partial charge on any atom is -0.423 e. The van der Waals surface area contributed by atoms with E-state index in [0.717, 1.165) is 5.56 Å². The SMILES string of the molecule is C=C(CC(N)C(C)(C)C)C(=O)Oc1ccc(C)cc1. The molecule has 0 saturated carbocycles. The number of hydrogen-bond acceptors (Lipinski definition) is 3. The zero-order chi connectivity index (χ0) is 14.6. The molecule has 0 bridgehead atoms. The number of carbonyl (C=O) groups is 1. The van der Waals surface area contributed by atoms with Gasteiger partial charge in [-0.1, -0.05) is 45.0 Å².